The molecular weight excluding hydrogens is 713 g/mol. The Morgan fingerprint density at radius 1 is 0.483 bits per heavy atom. The molecule has 0 bridgehead atoms. The first-order valence-corrected chi connectivity index (χ1v) is 19.6. The van der Waals surface area contributed by atoms with E-state index in [1.807, 2.05) is 24.4 Å². The lowest BCUT2D eigenvalue weighted by Crippen LogP contribution is -2.11. The van der Waals surface area contributed by atoms with Gasteiger partial charge in [-0.3, -0.25) is 18.7 Å². The molecule has 278 valence electrons. The van der Waals surface area contributed by atoms with Crippen LogP contribution in [0.5, 0.6) is 11.5 Å². The highest BCUT2D eigenvalue weighted by Crippen LogP contribution is 2.39. The Morgan fingerprint density at radius 2 is 1.07 bits per heavy atom. The normalized spacial score (nSPS) is 12.1. The summed E-state index contributed by atoms with van der Waals surface area (Å²) in [6.07, 6.45) is 5.53. The Balaban J connectivity index is 1.05. The van der Waals surface area contributed by atoms with Gasteiger partial charge in [-0.15, -0.1) is 0 Å². The molecule has 0 spiro atoms. The Bertz CT molecular complexity index is 3330. The SMILES string of the molecule is CC(C)(C)c1ccc(-n2c(-n3c4ccccc4c4ccc(Oc5ccc6c7ccccc7n(-c7ccc(-c8ccncc8)cn7)c6c5)cc43)nc3ccccc32)cc1. The lowest BCUT2D eigenvalue weighted by molar-refractivity contribution is 0.484. The minimum absolute atomic E-state index is 0.0476. The summed E-state index contributed by atoms with van der Waals surface area (Å²) in [7, 11) is 0. The predicted octanol–water partition coefficient (Wildman–Crippen LogP) is 12.8. The molecule has 0 aliphatic rings. The molecule has 0 amide bonds. The molecule has 0 saturated carbocycles. The molecule has 11 aromatic rings. The van der Waals surface area contributed by atoms with Gasteiger partial charge in [0, 0.05) is 63.5 Å². The van der Waals surface area contributed by atoms with E-state index in [0.717, 1.165) is 94.7 Å². The molecule has 5 heterocycles. The molecule has 5 aromatic heterocycles. The van der Waals surface area contributed by atoms with Crippen molar-refractivity contribution in [3.05, 3.63) is 182 Å². The van der Waals surface area contributed by atoms with Crippen molar-refractivity contribution >= 4 is 54.6 Å². The van der Waals surface area contributed by atoms with E-state index in [9.17, 15) is 0 Å². The van der Waals surface area contributed by atoms with Gasteiger partial charge in [0.1, 0.15) is 17.3 Å². The van der Waals surface area contributed by atoms with Gasteiger partial charge >= 0.3 is 0 Å². The highest BCUT2D eigenvalue weighted by Gasteiger charge is 2.22. The van der Waals surface area contributed by atoms with Crippen LogP contribution in [0.25, 0.3) is 83.2 Å². The van der Waals surface area contributed by atoms with Crippen molar-refractivity contribution < 1.29 is 4.74 Å². The van der Waals surface area contributed by atoms with Crippen LogP contribution in [0.2, 0.25) is 0 Å². The van der Waals surface area contributed by atoms with Crippen LogP contribution in [0.3, 0.4) is 0 Å². The number of hydrogen-bond acceptors (Lipinski definition) is 4. The topological polar surface area (TPSA) is 62.7 Å². The number of aromatic nitrogens is 6. The third-order valence-corrected chi connectivity index (χ3v) is 11.3. The van der Waals surface area contributed by atoms with Crippen molar-refractivity contribution in [3.63, 3.8) is 0 Å². The molecule has 0 aliphatic carbocycles. The van der Waals surface area contributed by atoms with E-state index >= 15 is 0 Å². The number of benzene rings is 6. The molecule has 0 aliphatic heterocycles. The molecular formula is C51H38N6O. The molecule has 0 unspecified atom stereocenters. The highest BCUT2D eigenvalue weighted by atomic mass is 16.5. The molecule has 0 saturated heterocycles. The molecule has 7 nitrogen and oxygen atoms in total. The number of pyridine rings is 2. The summed E-state index contributed by atoms with van der Waals surface area (Å²) < 4.78 is 13.5. The van der Waals surface area contributed by atoms with Gasteiger partial charge in [0.15, 0.2) is 0 Å². The minimum Gasteiger partial charge on any atom is -0.457 e. The second-order valence-electron chi connectivity index (χ2n) is 15.8. The van der Waals surface area contributed by atoms with Gasteiger partial charge in [0.25, 0.3) is 0 Å². The van der Waals surface area contributed by atoms with Gasteiger partial charge in [-0.25, -0.2) is 9.97 Å². The van der Waals surface area contributed by atoms with Crippen LogP contribution in [0, 0.1) is 0 Å². The quantitative estimate of drug-likeness (QED) is 0.170. The summed E-state index contributed by atoms with van der Waals surface area (Å²) in [5, 5.41) is 4.57. The van der Waals surface area contributed by atoms with Crippen LogP contribution in [0.1, 0.15) is 26.3 Å². The van der Waals surface area contributed by atoms with E-state index < -0.39 is 0 Å². The van der Waals surface area contributed by atoms with Crippen molar-refractivity contribution in [3.8, 4) is 40.1 Å². The minimum atomic E-state index is 0.0476. The maximum atomic E-state index is 6.78. The van der Waals surface area contributed by atoms with Crippen molar-refractivity contribution in [2.45, 2.75) is 26.2 Å². The second kappa shape index (κ2) is 13.0. The first-order chi connectivity index (χ1) is 28.4. The Hall–Kier alpha value is -7.51. The van der Waals surface area contributed by atoms with E-state index in [1.54, 1.807) is 12.4 Å². The monoisotopic (exact) mass is 750 g/mol. The summed E-state index contributed by atoms with van der Waals surface area (Å²) in [6, 6.07) is 55.1. The summed E-state index contributed by atoms with van der Waals surface area (Å²) >= 11 is 0. The van der Waals surface area contributed by atoms with Crippen molar-refractivity contribution in [1.82, 2.24) is 28.7 Å². The van der Waals surface area contributed by atoms with Crippen LogP contribution in [-0.2, 0) is 5.41 Å². The van der Waals surface area contributed by atoms with Crippen LogP contribution in [0.15, 0.2) is 176 Å². The van der Waals surface area contributed by atoms with Gasteiger partial charge in [-0.1, -0.05) is 81.4 Å². The third kappa shape index (κ3) is 5.46. The summed E-state index contributed by atoms with van der Waals surface area (Å²) in [6.45, 7) is 6.74. The van der Waals surface area contributed by atoms with Gasteiger partial charge in [-0.2, -0.15) is 0 Å². The summed E-state index contributed by atoms with van der Waals surface area (Å²) in [5.41, 5.74) is 10.7. The average Bonchev–Trinajstić information content (AvgIpc) is 3.91. The standard InChI is InChI=1S/C51H38N6O/c1-51(2,3)35-17-19-36(20-18-35)55-46-15-9-6-12-43(46)54-50(55)57-45-14-8-5-11-40(45)42-24-22-38(31-48(42)57)58-37-21-23-41-39-10-4-7-13-44(39)56(47(41)30-37)49-25-16-34(32-53-49)33-26-28-52-29-27-33/h4-32H,1-3H3. The maximum absolute atomic E-state index is 6.78. The van der Waals surface area contributed by atoms with E-state index in [1.165, 1.54) is 5.56 Å². The number of rotatable bonds is 6. The molecule has 11 rings (SSSR count). The Labute approximate surface area is 335 Å². The number of nitrogens with zero attached hydrogens (tertiary/aromatic N) is 6. The first kappa shape index (κ1) is 33.8. The first-order valence-electron chi connectivity index (χ1n) is 19.6. The van der Waals surface area contributed by atoms with E-state index in [2.05, 4.69) is 179 Å². The number of imidazole rings is 1. The van der Waals surface area contributed by atoms with Crippen molar-refractivity contribution in [1.29, 1.82) is 0 Å². The van der Waals surface area contributed by atoms with Crippen molar-refractivity contribution in [2.75, 3.05) is 0 Å². The van der Waals surface area contributed by atoms with Crippen LogP contribution in [-0.4, -0.2) is 28.7 Å². The fraction of sp³-hybridized carbons (Fsp3) is 0.0784. The average molecular weight is 751 g/mol. The molecule has 0 fully saturated rings. The molecule has 58 heavy (non-hydrogen) atoms. The molecule has 0 radical (unpaired) electrons. The largest absolute Gasteiger partial charge is 0.457 e. The smallest absolute Gasteiger partial charge is 0.220 e. The molecule has 7 heteroatoms. The predicted molar refractivity (Wildman–Crippen MR) is 236 cm³/mol. The Kier molecular flexibility index (Phi) is 7.59. The zero-order valence-electron chi connectivity index (χ0n) is 32.3. The van der Waals surface area contributed by atoms with Crippen LogP contribution in [0.4, 0.5) is 0 Å². The van der Waals surface area contributed by atoms with Gasteiger partial charge in [0.05, 0.1) is 33.1 Å². The van der Waals surface area contributed by atoms with Gasteiger partial charge in [0.2, 0.25) is 5.95 Å². The van der Waals surface area contributed by atoms with Gasteiger partial charge < -0.3 is 4.74 Å². The Morgan fingerprint density at radius 3 is 1.71 bits per heavy atom. The number of para-hydroxylation sites is 4. The van der Waals surface area contributed by atoms with E-state index in [0.29, 0.717) is 0 Å². The third-order valence-electron chi connectivity index (χ3n) is 11.3. The fourth-order valence-electron chi connectivity index (χ4n) is 8.39. The lowest BCUT2D eigenvalue weighted by atomic mass is 9.87. The van der Waals surface area contributed by atoms with E-state index in [4.69, 9.17) is 14.7 Å². The summed E-state index contributed by atoms with van der Waals surface area (Å²) in [4.78, 5) is 14.4. The van der Waals surface area contributed by atoms with E-state index in [-0.39, 0.29) is 5.41 Å². The molecule has 0 atom stereocenters. The van der Waals surface area contributed by atoms with Crippen LogP contribution >= 0.6 is 0 Å². The molecule has 0 N–H and O–H groups in total. The van der Waals surface area contributed by atoms with Crippen LogP contribution < -0.4 is 4.74 Å². The highest BCUT2D eigenvalue weighted by molar-refractivity contribution is 6.10. The zero-order valence-corrected chi connectivity index (χ0v) is 32.3. The number of fused-ring (bicyclic) bond motifs is 7. The summed E-state index contributed by atoms with van der Waals surface area (Å²) in [5.74, 6) is 3.12. The van der Waals surface area contributed by atoms with Crippen molar-refractivity contribution in [2.24, 2.45) is 0 Å². The maximum Gasteiger partial charge on any atom is 0.220 e. The fourth-order valence-corrected chi connectivity index (χ4v) is 8.39. The van der Waals surface area contributed by atoms with Gasteiger partial charge in [-0.05, 0) is 101 Å². The zero-order chi connectivity index (χ0) is 39.0. The number of ether oxygens (including phenoxy) is 1. The molecule has 6 aromatic carbocycles. The lowest BCUT2D eigenvalue weighted by Gasteiger charge is -2.20. The second-order valence-corrected chi connectivity index (χ2v) is 15.8. The number of hydrogen-bond donors (Lipinski definition) is 0.